The first-order valence-electron chi connectivity index (χ1n) is 7.02. The second-order valence-electron chi connectivity index (χ2n) is 5.21. The Hall–Kier alpha value is -1.44. The van der Waals surface area contributed by atoms with Crippen molar-refractivity contribution in [2.45, 2.75) is 61.3 Å². The molecule has 2 heteroatoms. The van der Waals surface area contributed by atoms with Crippen molar-refractivity contribution in [2.75, 3.05) is 0 Å². The number of carbonyl (C=O) groups excluding carboxylic acids is 1. The molecule has 0 aliphatic rings. The Kier molecular flexibility index (Phi) is 5.04. The summed E-state index contributed by atoms with van der Waals surface area (Å²) in [6.45, 7) is 14.4. The third kappa shape index (κ3) is 2.94. The van der Waals surface area contributed by atoms with Crippen molar-refractivity contribution >= 4 is 11.4 Å². The van der Waals surface area contributed by atoms with Gasteiger partial charge in [-0.1, -0.05) is 19.4 Å². The minimum atomic E-state index is 0.186. The molecule has 0 spiro atoms. The zero-order valence-corrected chi connectivity index (χ0v) is 13.3. The highest BCUT2D eigenvalue weighted by molar-refractivity contribution is 5.98. The van der Waals surface area contributed by atoms with E-state index in [1.54, 1.807) is 0 Å². The molecule has 0 aliphatic carbocycles. The van der Waals surface area contributed by atoms with E-state index in [4.69, 9.17) is 4.98 Å². The Labute approximate surface area is 117 Å². The standard InChI is InChI=1S/C17H25NO/c1-8-10(3)11(4)17-13(6)12(5)16(14(7)18-17)15(19)9-2/h8-9H2,1-7H3. The molecule has 0 aliphatic heterocycles. The van der Waals surface area contributed by atoms with E-state index >= 15 is 0 Å². The van der Waals surface area contributed by atoms with Gasteiger partial charge >= 0.3 is 0 Å². The number of Topliss-reactive ketones (excluding diaryl/α,β-unsaturated/α-hetero) is 1. The number of carbonyl (C=O) groups is 1. The van der Waals surface area contributed by atoms with Crippen LogP contribution in [0.4, 0.5) is 0 Å². The lowest BCUT2D eigenvalue weighted by molar-refractivity contribution is 0.0986. The first-order chi connectivity index (χ1) is 8.84. The van der Waals surface area contributed by atoms with Gasteiger partial charge in [-0.15, -0.1) is 0 Å². The Bertz CT molecular complexity index is 539. The molecule has 1 rings (SSSR count). The van der Waals surface area contributed by atoms with Crippen molar-refractivity contribution in [1.29, 1.82) is 0 Å². The molecule has 0 N–H and O–H groups in total. The summed E-state index contributed by atoms with van der Waals surface area (Å²) in [5.74, 6) is 0.186. The maximum Gasteiger partial charge on any atom is 0.164 e. The molecule has 0 atom stereocenters. The van der Waals surface area contributed by atoms with E-state index in [0.717, 1.165) is 34.5 Å². The summed E-state index contributed by atoms with van der Waals surface area (Å²) in [4.78, 5) is 16.7. The number of aryl methyl sites for hydroxylation is 1. The summed E-state index contributed by atoms with van der Waals surface area (Å²) in [6, 6.07) is 0. The van der Waals surface area contributed by atoms with E-state index in [1.165, 1.54) is 11.1 Å². The largest absolute Gasteiger partial charge is 0.294 e. The SMILES string of the molecule is CCC(=O)c1c(C)nc(C(C)=C(C)CC)c(C)c1C. The van der Waals surface area contributed by atoms with Gasteiger partial charge in [0.25, 0.3) is 0 Å². The molecule has 0 saturated heterocycles. The molecule has 0 amide bonds. The summed E-state index contributed by atoms with van der Waals surface area (Å²) >= 11 is 0. The maximum absolute atomic E-state index is 12.0. The number of hydrogen-bond acceptors (Lipinski definition) is 2. The van der Waals surface area contributed by atoms with Gasteiger partial charge in [-0.05, 0) is 57.7 Å². The van der Waals surface area contributed by atoms with E-state index in [-0.39, 0.29) is 5.78 Å². The third-order valence-corrected chi connectivity index (χ3v) is 4.06. The van der Waals surface area contributed by atoms with Gasteiger partial charge in [0.05, 0.1) is 5.69 Å². The molecule has 19 heavy (non-hydrogen) atoms. The van der Waals surface area contributed by atoms with Gasteiger partial charge in [0, 0.05) is 17.7 Å². The van der Waals surface area contributed by atoms with Crippen LogP contribution in [0.3, 0.4) is 0 Å². The van der Waals surface area contributed by atoms with Crippen molar-refractivity contribution < 1.29 is 4.79 Å². The van der Waals surface area contributed by atoms with E-state index in [9.17, 15) is 4.79 Å². The molecule has 1 heterocycles. The summed E-state index contributed by atoms with van der Waals surface area (Å²) < 4.78 is 0. The first-order valence-corrected chi connectivity index (χ1v) is 7.02. The van der Waals surface area contributed by atoms with E-state index in [1.807, 2.05) is 20.8 Å². The quantitative estimate of drug-likeness (QED) is 0.727. The highest BCUT2D eigenvalue weighted by Crippen LogP contribution is 2.27. The Balaban J connectivity index is 3.55. The molecule has 2 nitrogen and oxygen atoms in total. The second-order valence-corrected chi connectivity index (χ2v) is 5.21. The molecule has 1 aromatic rings. The Morgan fingerprint density at radius 3 is 2.05 bits per heavy atom. The number of pyridine rings is 1. The maximum atomic E-state index is 12.0. The second kappa shape index (κ2) is 6.14. The van der Waals surface area contributed by atoms with Crippen molar-refractivity contribution in [3.8, 4) is 0 Å². The first kappa shape index (κ1) is 15.6. The summed E-state index contributed by atoms with van der Waals surface area (Å²) in [7, 11) is 0. The molecule has 0 radical (unpaired) electrons. The zero-order valence-electron chi connectivity index (χ0n) is 13.3. The average molecular weight is 259 g/mol. The number of nitrogens with zero attached hydrogens (tertiary/aromatic N) is 1. The average Bonchev–Trinajstić information content (AvgIpc) is 2.40. The van der Waals surface area contributed by atoms with E-state index < -0.39 is 0 Å². The van der Waals surface area contributed by atoms with Crippen LogP contribution in [0.25, 0.3) is 5.57 Å². The number of hydrogen-bond donors (Lipinski definition) is 0. The van der Waals surface area contributed by atoms with Crippen LogP contribution in [0.5, 0.6) is 0 Å². The van der Waals surface area contributed by atoms with Crippen molar-refractivity contribution in [2.24, 2.45) is 0 Å². The minimum absolute atomic E-state index is 0.186. The van der Waals surface area contributed by atoms with Crippen molar-refractivity contribution in [3.63, 3.8) is 0 Å². The van der Waals surface area contributed by atoms with Crippen LogP contribution in [0, 0.1) is 20.8 Å². The van der Waals surface area contributed by atoms with Gasteiger partial charge in [0.1, 0.15) is 0 Å². The van der Waals surface area contributed by atoms with Gasteiger partial charge in [0.15, 0.2) is 5.78 Å². The lowest BCUT2D eigenvalue weighted by Crippen LogP contribution is -2.10. The van der Waals surface area contributed by atoms with E-state index in [2.05, 4.69) is 27.7 Å². The van der Waals surface area contributed by atoms with Crippen molar-refractivity contribution in [3.05, 3.63) is 33.7 Å². The molecule has 1 aromatic heterocycles. The summed E-state index contributed by atoms with van der Waals surface area (Å²) in [6.07, 6.45) is 1.56. The number of ketones is 1. The molecular weight excluding hydrogens is 234 g/mol. The van der Waals surface area contributed by atoms with Crippen LogP contribution in [-0.2, 0) is 0 Å². The van der Waals surface area contributed by atoms with Crippen LogP contribution in [-0.4, -0.2) is 10.8 Å². The molecule has 0 bridgehead atoms. The Morgan fingerprint density at radius 2 is 1.58 bits per heavy atom. The fraction of sp³-hybridized carbons (Fsp3) is 0.529. The molecule has 0 saturated carbocycles. The zero-order chi connectivity index (χ0) is 14.7. The van der Waals surface area contributed by atoms with Gasteiger partial charge < -0.3 is 0 Å². The molecular formula is C17H25NO. The third-order valence-electron chi connectivity index (χ3n) is 4.06. The predicted molar refractivity (Wildman–Crippen MR) is 81.6 cm³/mol. The highest BCUT2D eigenvalue weighted by Gasteiger charge is 2.17. The van der Waals surface area contributed by atoms with Gasteiger partial charge in [0.2, 0.25) is 0 Å². The van der Waals surface area contributed by atoms with Crippen LogP contribution < -0.4 is 0 Å². The summed E-state index contributed by atoms with van der Waals surface area (Å²) in [5.41, 5.74) is 7.51. The lowest BCUT2D eigenvalue weighted by Gasteiger charge is -2.16. The Morgan fingerprint density at radius 1 is 1.00 bits per heavy atom. The smallest absolute Gasteiger partial charge is 0.164 e. The molecule has 104 valence electrons. The highest BCUT2D eigenvalue weighted by atomic mass is 16.1. The summed E-state index contributed by atoms with van der Waals surface area (Å²) in [5, 5.41) is 0. The van der Waals surface area contributed by atoms with Crippen molar-refractivity contribution in [1.82, 2.24) is 4.98 Å². The monoisotopic (exact) mass is 259 g/mol. The number of allylic oxidation sites excluding steroid dienone is 2. The van der Waals surface area contributed by atoms with Gasteiger partial charge in [-0.3, -0.25) is 9.78 Å². The molecule has 0 aromatic carbocycles. The van der Waals surface area contributed by atoms with Crippen LogP contribution >= 0.6 is 0 Å². The van der Waals surface area contributed by atoms with Crippen LogP contribution in [0.1, 0.15) is 73.4 Å². The van der Waals surface area contributed by atoms with E-state index in [0.29, 0.717) is 6.42 Å². The van der Waals surface area contributed by atoms with Crippen LogP contribution in [0.2, 0.25) is 0 Å². The lowest BCUT2D eigenvalue weighted by atomic mass is 9.93. The van der Waals surface area contributed by atoms with Crippen LogP contribution in [0.15, 0.2) is 5.57 Å². The number of rotatable bonds is 4. The topological polar surface area (TPSA) is 30.0 Å². The molecule has 0 fully saturated rings. The minimum Gasteiger partial charge on any atom is -0.294 e. The van der Waals surface area contributed by atoms with Gasteiger partial charge in [-0.25, -0.2) is 0 Å². The molecule has 0 unspecified atom stereocenters. The van der Waals surface area contributed by atoms with Gasteiger partial charge in [-0.2, -0.15) is 0 Å². The fourth-order valence-electron chi connectivity index (χ4n) is 2.36. The normalized spacial score (nSPS) is 12.4. The predicted octanol–water partition coefficient (Wildman–Crippen LogP) is 4.80. The number of aromatic nitrogens is 1. The fourth-order valence-corrected chi connectivity index (χ4v) is 2.36.